The number of hydrogen-bond donors (Lipinski definition) is 2. The van der Waals surface area contributed by atoms with Crippen molar-refractivity contribution in [2.45, 2.75) is 25.7 Å². The van der Waals surface area contributed by atoms with E-state index in [4.69, 9.17) is 33.0 Å². The van der Waals surface area contributed by atoms with Crippen LogP contribution in [0.4, 0.5) is 0 Å². The molecule has 4 nitrogen and oxygen atoms in total. The van der Waals surface area contributed by atoms with Gasteiger partial charge in [0, 0.05) is 23.4 Å². The molecule has 116 valence electrons. The van der Waals surface area contributed by atoms with Crippen molar-refractivity contribution in [3.05, 3.63) is 28.2 Å². The number of hydrogen-bond acceptors (Lipinski definition) is 3. The summed E-state index contributed by atoms with van der Waals surface area (Å²) in [6.07, 6.45) is 2.98. The van der Waals surface area contributed by atoms with E-state index in [1.807, 2.05) is 0 Å². The zero-order valence-corrected chi connectivity index (χ0v) is 13.2. The number of nitrogens with one attached hydrogen (secondary N) is 1. The number of aliphatic hydroxyl groups is 1. The first-order valence-corrected chi connectivity index (χ1v) is 7.76. The minimum Gasteiger partial charge on any atom is -0.492 e. The summed E-state index contributed by atoms with van der Waals surface area (Å²) in [5.74, 6) is 0.555. The number of rotatable bonds is 8. The molecule has 0 bridgehead atoms. The summed E-state index contributed by atoms with van der Waals surface area (Å²) in [6, 6.07) is 5.04. The molecule has 2 rings (SSSR count). The van der Waals surface area contributed by atoms with Gasteiger partial charge in [0.15, 0.2) is 0 Å². The molecule has 1 amide bonds. The molecule has 0 spiro atoms. The largest absolute Gasteiger partial charge is 0.492 e. The minimum absolute atomic E-state index is 0.0134. The van der Waals surface area contributed by atoms with Crippen molar-refractivity contribution in [1.82, 2.24) is 5.32 Å². The van der Waals surface area contributed by atoms with Gasteiger partial charge < -0.3 is 15.2 Å². The molecule has 0 aromatic heterocycles. The molecule has 1 aliphatic carbocycles. The fourth-order valence-corrected chi connectivity index (χ4v) is 2.41. The fourth-order valence-electron chi connectivity index (χ4n) is 1.95. The molecule has 0 saturated heterocycles. The Bertz CT molecular complexity index is 504. The maximum Gasteiger partial charge on any atom is 0.220 e. The predicted octanol–water partition coefficient (Wildman–Crippen LogP) is 3.04. The van der Waals surface area contributed by atoms with Crippen molar-refractivity contribution in [3.63, 3.8) is 0 Å². The van der Waals surface area contributed by atoms with Gasteiger partial charge in [-0.05, 0) is 37.5 Å². The number of amides is 1. The Morgan fingerprint density at radius 3 is 2.76 bits per heavy atom. The van der Waals surface area contributed by atoms with Crippen molar-refractivity contribution in [2.24, 2.45) is 5.41 Å². The van der Waals surface area contributed by atoms with Crippen molar-refractivity contribution in [2.75, 3.05) is 19.8 Å². The van der Waals surface area contributed by atoms with Gasteiger partial charge in [0.1, 0.15) is 5.75 Å². The van der Waals surface area contributed by atoms with Gasteiger partial charge >= 0.3 is 0 Å². The third-order valence-corrected chi connectivity index (χ3v) is 4.18. The average molecular weight is 332 g/mol. The van der Waals surface area contributed by atoms with E-state index >= 15 is 0 Å². The van der Waals surface area contributed by atoms with Gasteiger partial charge in [-0.2, -0.15) is 0 Å². The molecule has 1 saturated carbocycles. The van der Waals surface area contributed by atoms with Crippen molar-refractivity contribution >= 4 is 29.1 Å². The van der Waals surface area contributed by atoms with Crippen LogP contribution in [0.1, 0.15) is 25.7 Å². The first-order valence-electron chi connectivity index (χ1n) is 7.00. The Kier molecular flexibility index (Phi) is 5.73. The van der Waals surface area contributed by atoms with Crippen LogP contribution in [0.2, 0.25) is 10.0 Å². The fraction of sp³-hybridized carbons (Fsp3) is 0.533. The molecule has 6 heteroatoms. The standard InChI is InChI=1S/C15H19Cl2NO3/c16-11-3-4-13(12(17)8-11)21-7-1-2-14(20)18-9-15(10-19)5-6-15/h3-4,8,19H,1-2,5-7,9-10H2,(H,18,20). The quantitative estimate of drug-likeness (QED) is 0.720. The average Bonchev–Trinajstić information content (AvgIpc) is 3.24. The lowest BCUT2D eigenvalue weighted by atomic mass is 10.1. The van der Waals surface area contributed by atoms with Gasteiger partial charge in [-0.15, -0.1) is 0 Å². The number of carbonyl (C=O) groups is 1. The highest BCUT2D eigenvalue weighted by Gasteiger charge is 2.41. The van der Waals surface area contributed by atoms with Gasteiger partial charge in [-0.3, -0.25) is 4.79 Å². The molecule has 2 N–H and O–H groups in total. The number of halogens is 2. The molecule has 0 atom stereocenters. The SMILES string of the molecule is O=C(CCCOc1ccc(Cl)cc1Cl)NCC1(CO)CC1. The summed E-state index contributed by atoms with van der Waals surface area (Å²) in [5, 5.41) is 13.0. The zero-order chi connectivity index (χ0) is 15.3. The Balaban J connectivity index is 1.62. The summed E-state index contributed by atoms with van der Waals surface area (Å²) in [7, 11) is 0. The van der Waals surface area contributed by atoms with E-state index in [0.717, 1.165) is 12.8 Å². The number of benzene rings is 1. The molecule has 1 aliphatic rings. The Labute approximate surface area is 134 Å². The van der Waals surface area contributed by atoms with E-state index in [-0.39, 0.29) is 17.9 Å². The molecule has 21 heavy (non-hydrogen) atoms. The Hall–Kier alpha value is -0.970. The smallest absolute Gasteiger partial charge is 0.220 e. The van der Waals surface area contributed by atoms with E-state index < -0.39 is 0 Å². The van der Waals surface area contributed by atoms with Crippen LogP contribution in [0.3, 0.4) is 0 Å². The lowest BCUT2D eigenvalue weighted by Crippen LogP contribution is -2.31. The number of carbonyl (C=O) groups excluding carboxylic acids is 1. The summed E-state index contributed by atoms with van der Waals surface area (Å²) in [5.41, 5.74) is -0.0526. The molecule has 1 aromatic rings. The van der Waals surface area contributed by atoms with Crippen molar-refractivity contribution < 1.29 is 14.6 Å². The maximum absolute atomic E-state index is 11.7. The lowest BCUT2D eigenvalue weighted by Gasteiger charge is -2.13. The van der Waals surface area contributed by atoms with E-state index in [0.29, 0.717) is 41.8 Å². The van der Waals surface area contributed by atoms with Crippen LogP contribution in [-0.2, 0) is 4.79 Å². The topological polar surface area (TPSA) is 58.6 Å². The second-order valence-electron chi connectivity index (χ2n) is 5.46. The second-order valence-corrected chi connectivity index (χ2v) is 6.31. The van der Waals surface area contributed by atoms with E-state index in [1.165, 1.54) is 0 Å². The summed E-state index contributed by atoms with van der Waals surface area (Å²) in [6.45, 7) is 1.12. The first kappa shape index (κ1) is 16.4. The van der Waals surface area contributed by atoms with Crippen LogP contribution in [0, 0.1) is 5.41 Å². The van der Waals surface area contributed by atoms with Crippen LogP contribution < -0.4 is 10.1 Å². The van der Waals surface area contributed by atoms with Crippen LogP contribution in [0.15, 0.2) is 18.2 Å². The predicted molar refractivity (Wildman–Crippen MR) is 83.0 cm³/mol. The van der Waals surface area contributed by atoms with Crippen LogP contribution in [0.5, 0.6) is 5.75 Å². The van der Waals surface area contributed by atoms with Gasteiger partial charge in [0.2, 0.25) is 5.91 Å². The molecule has 0 aliphatic heterocycles. The molecular weight excluding hydrogens is 313 g/mol. The Morgan fingerprint density at radius 1 is 1.38 bits per heavy atom. The maximum atomic E-state index is 11.7. The monoisotopic (exact) mass is 331 g/mol. The van der Waals surface area contributed by atoms with E-state index in [2.05, 4.69) is 5.32 Å². The first-order chi connectivity index (χ1) is 10.0. The normalized spacial score (nSPS) is 15.6. The van der Waals surface area contributed by atoms with Crippen LogP contribution in [-0.4, -0.2) is 30.8 Å². The highest BCUT2D eigenvalue weighted by molar-refractivity contribution is 6.35. The molecule has 0 radical (unpaired) electrons. The molecule has 0 heterocycles. The minimum atomic E-state index is -0.0526. The highest BCUT2D eigenvalue weighted by Crippen LogP contribution is 2.44. The number of ether oxygens (including phenoxy) is 1. The second kappa shape index (κ2) is 7.34. The van der Waals surface area contributed by atoms with Crippen LogP contribution >= 0.6 is 23.2 Å². The van der Waals surface area contributed by atoms with Crippen LogP contribution in [0.25, 0.3) is 0 Å². The molecular formula is C15H19Cl2NO3. The lowest BCUT2D eigenvalue weighted by molar-refractivity contribution is -0.121. The van der Waals surface area contributed by atoms with Crippen molar-refractivity contribution in [1.29, 1.82) is 0 Å². The van der Waals surface area contributed by atoms with Gasteiger partial charge in [0.05, 0.1) is 18.2 Å². The van der Waals surface area contributed by atoms with Gasteiger partial charge in [-0.1, -0.05) is 23.2 Å². The van der Waals surface area contributed by atoms with Gasteiger partial charge in [0.25, 0.3) is 0 Å². The summed E-state index contributed by atoms with van der Waals surface area (Å²) >= 11 is 11.8. The van der Waals surface area contributed by atoms with Gasteiger partial charge in [-0.25, -0.2) is 0 Å². The zero-order valence-electron chi connectivity index (χ0n) is 11.7. The third-order valence-electron chi connectivity index (χ3n) is 3.65. The molecule has 0 unspecified atom stereocenters. The molecule has 1 aromatic carbocycles. The van der Waals surface area contributed by atoms with Crippen molar-refractivity contribution in [3.8, 4) is 5.75 Å². The highest BCUT2D eigenvalue weighted by atomic mass is 35.5. The van der Waals surface area contributed by atoms with E-state index in [9.17, 15) is 4.79 Å². The summed E-state index contributed by atoms with van der Waals surface area (Å²) in [4.78, 5) is 11.7. The Morgan fingerprint density at radius 2 is 2.14 bits per heavy atom. The number of aliphatic hydroxyl groups excluding tert-OH is 1. The van der Waals surface area contributed by atoms with E-state index in [1.54, 1.807) is 18.2 Å². The molecule has 1 fully saturated rings. The summed E-state index contributed by atoms with van der Waals surface area (Å²) < 4.78 is 5.51. The third kappa shape index (κ3) is 5.06.